The number of hydrogen-bond donors (Lipinski definition) is 2. The average molecular weight is 215 g/mol. The van der Waals surface area contributed by atoms with E-state index in [0.29, 0.717) is 16.9 Å². The number of fused-ring (bicyclic) bond motifs is 1. The Morgan fingerprint density at radius 2 is 2.25 bits per heavy atom. The molecule has 0 amide bonds. The molecule has 0 aliphatic heterocycles. The fourth-order valence-corrected chi connectivity index (χ4v) is 1.61. The van der Waals surface area contributed by atoms with Crippen molar-refractivity contribution in [3.05, 3.63) is 18.6 Å². The normalized spacial score (nSPS) is 11.1. The molecule has 3 rings (SSSR count). The average Bonchev–Trinajstić information content (AvgIpc) is 2.84. The lowest BCUT2D eigenvalue weighted by atomic mass is 10.2. The fraction of sp³-hybridized carbons (Fsp3) is 0.111. The molecule has 3 N–H and O–H groups in total. The lowest BCUT2D eigenvalue weighted by Crippen LogP contribution is -1.93. The van der Waals surface area contributed by atoms with Crippen molar-refractivity contribution in [1.29, 1.82) is 0 Å². The highest BCUT2D eigenvalue weighted by atomic mass is 15.3. The molecule has 0 atom stereocenters. The van der Waals surface area contributed by atoms with E-state index in [4.69, 9.17) is 5.73 Å². The summed E-state index contributed by atoms with van der Waals surface area (Å²) in [6.45, 7) is 0. The standard InChI is InChI=1S/C9H9N7/c1-16-3-2-5(15-16)7-6-8(10)11-4-12-9(6)14-13-7/h2-4H,1H3,(H3,10,11,12,13,14). The van der Waals surface area contributed by atoms with Gasteiger partial charge in [-0.3, -0.25) is 9.78 Å². The minimum Gasteiger partial charge on any atom is -0.383 e. The van der Waals surface area contributed by atoms with E-state index >= 15 is 0 Å². The highest BCUT2D eigenvalue weighted by molar-refractivity contribution is 5.96. The second kappa shape index (κ2) is 3.02. The molecule has 7 heteroatoms. The van der Waals surface area contributed by atoms with E-state index in [1.807, 2.05) is 19.3 Å². The maximum absolute atomic E-state index is 5.80. The molecule has 0 spiro atoms. The van der Waals surface area contributed by atoms with Gasteiger partial charge in [-0.15, -0.1) is 0 Å². The summed E-state index contributed by atoms with van der Waals surface area (Å²) in [6.07, 6.45) is 3.24. The molecule has 3 heterocycles. The molecule has 0 aromatic carbocycles. The minimum atomic E-state index is 0.402. The molecule has 0 saturated heterocycles. The molecule has 80 valence electrons. The van der Waals surface area contributed by atoms with Crippen molar-refractivity contribution in [2.75, 3.05) is 5.73 Å². The Bertz CT molecular complexity index is 651. The number of rotatable bonds is 1. The summed E-state index contributed by atoms with van der Waals surface area (Å²) in [4.78, 5) is 7.97. The lowest BCUT2D eigenvalue weighted by Gasteiger charge is -1.95. The van der Waals surface area contributed by atoms with E-state index < -0.39 is 0 Å². The van der Waals surface area contributed by atoms with Gasteiger partial charge < -0.3 is 5.73 Å². The van der Waals surface area contributed by atoms with Gasteiger partial charge in [-0.1, -0.05) is 0 Å². The monoisotopic (exact) mass is 215 g/mol. The van der Waals surface area contributed by atoms with Gasteiger partial charge >= 0.3 is 0 Å². The minimum absolute atomic E-state index is 0.402. The van der Waals surface area contributed by atoms with Crippen LogP contribution in [0.5, 0.6) is 0 Å². The van der Waals surface area contributed by atoms with Crippen molar-refractivity contribution in [2.45, 2.75) is 0 Å². The van der Waals surface area contributed by atoms with Gasteiger partial charge in [-0.05, 0) is 6.07 Å². The highest BCUT2D eigenvalue weighted by Gasteiger charge is 2.13. The van der Waals surface area contributed by atoms with Crippen LogP contribution in [0, 0.1) is 0 Å². The Labute approximate surface area is 90.3 Å². The molecular weight excluding hydrogens is 206 g/mol. The maximum atomic E-state index is 5.80. The van der Waals surface area contributed by atoms with Gasteiger partial charge in [0, 0.05) is 13.2 Å². The highest BCUT2D eigenvalue weighted by Crippen LogP contribution is 2.26. The Hall–Kier alpha value is -2.44. The zero-order valence-corrected chi connectivity index (χ0v) is 8.55. The summed E-state index contributed by atoms with van der Waals surface area (Å²) in [5.74, 6) is 0.402. The van der Waals surface area contributed by atoms with E-state index in [2.05, 4.69) is 25.3 Å². The molecule has 0 saturated carbocycles. The number of aromatic nitrogens is 6. The van der Waals surface area contributed by atoms with E-state index in [1.54, 1.807) is 4.68 Å². The van der Waals surface area contributed by atoms with Gasteiger partial charge in [0.25, 0.3) is 0 Å². The summed E-state index contributed by atoms with van der Waals surface area (Å²) in [5.41, 5.74) is 7.86. The lowest BCUT2D eigenvalue weighted by molar-refractivity contribution is 0.770. The molecule has 0 unspecified atom stereocenters. The topological polar surface area (TPSA) is 98.3 Å². The predicted molar refractivity (Wildman–Crippen MR) is 58.3 cm³/mol. The molecule has 7 nitrogen and oxygen atoms in total. The number of nitrogen functional groups attached to an aromatic ring is 1. The molecule has 0 radical (unpaired) electrons. The predicted octanol–water partition coefficient (Wildman–Crippen LogP) is 0.336. The third-order valence-electron chi connectivity index (χ3n) is 2.35. The number of nitrogens with zero attached hydrogens (tertiary/aromatic N) is 5. The summed E-state index contributed by atoms with van der Waals surface area (Å²) >= 11 is 0. The SMILES string of the molecule is Cn1ccc(-c2[nH]nc3ncnc(N)c23)n1. The summed E-state index contributed by atoms with van der Waals surface area (Å²) < 4.78 is 1.71. The second-order valence-electron chi connectivity index (χ2n) is 3.43. The van der Waals surface area contributed by atoms with Crippen molar-refractivity contribution < 1.29 is 0 Å². The van der Waals surface area contributed by atoms with Crippen LogP contribution in [0.4, 0.5) is 5.82 Å². The first-order valence-electron chi connectivity index (χ1n) is 4.70. The van der Waals surface area contributed by atoms with Gasteiger partial charge in [-0.2, -0.15) is 10.2 Å². The van der Waals surface area contributed by atoms with Gasteiger partial charge in [0.1, 0.15) is 17.8 Å². The van der Waals surface area contributed by atoms with Gasteiger partial charge in [0.15, 0.2) is 5.65 Å². The van der Waals surface area contributed by atoms with Gasteiger partial charge in [0.05, 0.1) is 11.1 Å². The molecular formula is C9H9N7. The molecule has 3 aromatic rings. The van der Waals surface area contributed by atoms with Crippen molar-refractivity contribution in [3.63, 3.8) is 0 Å². The first-order valence-corrected chi connectivity index (χ1v) is 4.70. The summed E-state index contributed by atoms with van der Waals surface area (Å²) in [5, 5.41) is 11.9. The molecule has 0 bridgehead atoms. The quantitative estimate of drug-likeness (QED) is 0.609. The maximum Gasteiger partial charge on any atom is 0.186 e. The third kappa shape index (κ3) is 1.14. The first-order chi connectivity index (χ1) is 7.75. The first kappa shape index (κ1) is 8.84. The van der Waals surface area contributed by atoms with Crippen LogP contribution in [-0.2, 0) is 7.05 Å². The number of nitrogens with one attached hydrogen (secondary N) is 1. The van der Waals surface area contributed by atoms with Crippen LogP contribution >= 0.6 is 0 Å². The number of aryl methyl sites for hydroxylation is 1. The fourth-order valence-electron chi connectivity index (χ4n) is 1.61. The molecule has 0 fully saturated rings. The Morgan fingerprint density at radius 3 is 3.00 bits per heavy atom. The summed E-state index contributed by atoms with van der Waals surface area (Å²) in [6, 6.07) is 1.87. The second-order valence-corrected chi connectivity index (χ2v) is 3.43. The van der Waals surface area contributed by atoms with Crippen LogP contribution in [0.15, 0.2) is 18.6 Å². The number of nitrogens with two attached hydrogens (primary N) is 1. The van der Waals surface area contributed by atoms with Crippen molar-refractivity contribution in [2.24, 2.45) is 7.05 Å². The third-order valence-corrected chi connectivity index (χ3v) is 2.35. The molecule has 3 aromatic heterocycles. The van der Waals surface area contributed by atoms with Crippen LogP contribution < -0.4 is 5.73 Å². The van der Waals surface area contributed by atoms with Crippen LogP contribution in [0.25, 0.3) is 22.4 Å². The van der Waals surface area contributed by atoms with E-state index in [-0.39, 0.29) is 0 Å². The van der Waals surface area contributed by atoms with E-state index in [1.165, 1.54) is 6.33 Å². The Morgan fingerprint density at radius 1 is 1.38 bits per heavy atom. The van der Waals surface area contributed by atoms with Gasteiger partial charge in [0.2, 0.25) is 0 Å². The zero-order valence-electron chi connectivity index (χ0n) is 8.55. The van der Waals surface area contributed by atoms with Crippen LogP contribution in [-0.4, -0.2) is 29.9 Å². The molecule has 0 aliphatic rings. The Balaban J connectivity index is 2.32. The number of aromatic amines is 1. The molecule has 0 aliphatic carbocycles. The van der Waals surface area contributed by atoms with Crippen LogP contribution in [0.1, 0.15) is 0 Å². The Kier molecular flexibility index (Phi) is 1.67. The van der Waals surface area contributed by atoms with E-state index in [0.717, 1.165) is 11.4 Å². The van der Waals surface area contributed by atoms with Crippen LogP contribution in [0.3, 0.4) is 0 Å². The smallest absolute Gasteiger partial charge is 0.186 e. The number of hydrogen-bond acceptors (Lipinski definition) is 5. The van der Waals surface area contributed by atoms with Crippen molar-refractivity contribution >= 4 is 16.9 Å². The van der Waals surface area contributed by atoms with E-state index in [9.17, 15) is 0 Å². The summed E-state index contributed by atoms with van der Waals surface area (Å²) in [7, 11) is 1.85. The van der Waals surface area contributed by atoms with Crippen molar-refractivity contribution in [3.8, 4) is 11.4 Å². The zero-order chi connectivity index (χ0) is 11.1. The largest absolute Gasteiger partial charge is 0.383 e. The number of H-pyrrole nitrogens is 1. The number of anilines is 1. The van der Waals surface area contributed by atoms with Crippen LogP contribution in [0.2, 0.25) is 0 Å². The molecule has 16 heavy (non-hydrogen) atoms. The van der Waals surface area contributed by atoms with Crippen molar-refractivity contribution in [1.82, 2.24) is 29.9 Å². The van der Waals surface area contributed by atoms with Gasteiger partial charge in [-0.25, -0.2) is 9.97 Å².